The molecule has 0 amide bonds. The van der Waals surface area contributed by atoms with Crippen LogP contribution in [0.1, 0.15) is 23.1 Å². The smallest absolute Gasteiger partial charge is 0.121 e. The van der Waals surface area contributed by atoms with Gasteiger partial charge in [0, 0.05) is 24.5 Å². The molecule has 0 aliphatic carbocycles. The number of aliphatic hydroxyl groups is 2. The lowest BCUT2D eigenvalue weighted by Crippen LogP contribution is -2.33. The molecular formula is C16H21N3O2S. The first-order chi connectivity index (χ1) is 10.7. The third-order valence-electron chi connectivity index (χ3n) is 3.98. The molecule has 2 N–H and O–H groups in total. The standard InChI is InChI=1S/C16H21N3O2S/c1-22-14-4-2-12(3-5-14)9-18-6-7-19-13(10-18)8-15(17-19)16(21)11-20/h2-5,8,16,20-21H,6-7,9-11H2,1H3. The van der Waals surface area contributed by atoms with Gasteiger partial charge < -0.3 is 10.2 Å². The topological polar surface area (TPSA) is 61.5 Å². The van der Waals surface area contributed by atoms with E-state index < -0.39 is 6.10 Å². The Balaban J connectivity index is 1.67. The largest absolute Gasteiger partial charge is 0.393 e. The Hall–Kier alpha value is -1.34. The summed E-state index contributed by atoms with van der Waals surface area (Å²) in [5.74, 6) is 0. The molecule has 1 aromatic heterocycles. The number of aromatic nitrogens is 2. The van der Waals surface area contributed by atoms with Crippen LogP contribution in [0.3, 0.4) is 0 Å². The van der Waals surface area contributed by atoms with Crippen LogP contribution in [0.4, 0.5) is 0 Å². The second-order valence-corrected chi connectivity index (χ2v) is 6.42. The summed E-state index contributed by atoms with van der Waals surface area (Å²) in [5, 5.41) is 23.1. The second-order valence-electron chi connectivity index (χ2n) is 5.54. The maximum Gasteiger partial charge on any atom is 0.121 e. The fraction of sp³-hybridized carbons (Fsp3) is 0.438. The molecule has 1 aliphatic heterocycles. The zero-order chi connectivity index (χ0) is 15.5. The molecule has 2 heterocycles. The van der Waals surface area contributed by atoms with Crippen molar-refractivity contribution in [2.24, 2.45) is 0 Å². The summed E-state index contributed by atoms with van der Waals surface area (Å²) in [6, 6.07) is 10.6. The van der Waals surface area contributed by atoms with E-state index in [-0.39, 0.29) is 6.61 Å². The summed E-state index contributed by atoms with van der Waals surface area (Å²) in [4.78, 5) is 3.66. The molecule has 1 aliphatic rings. The zero-order valence-electron chi connectivity index (χ0n) is 12.6. The number of hydrogen-bond acceptors (Lipinski definition) is 5. The van der Waals surface area contributed by atoms with E-state index in [0.717, 1.165) is 31.9 Å². The van der Waals surface area contributed by atoms with E-state index >= 15 is 0 Å². The molecule has 2 aromatic rings. The van der Waals surface area contributed by atoms with Crippen LogP contribution in [-0.4, -0.2) is 44.3 Å². The minimum absolute atomic E-state index is 0.290. The Bertz CT molecular complexity index is 627. The van der Waals surface area contributed by atoms with Crippen molar-refractivity contribution in [1.82, 2.24) is 14.7 Å². The fourth-order valence-electron chi connectivity index (χ4n) is 2.72. The van der Waals surface area contributed by atoms with Gasteiger partial charge in [-0.05, 0) is 30.0 Å². The quantitative estimate of drug-likeness (QED) is 0.821. The van der Waals surface area contributed by atoms with Crippen LogP contribution in [0.2, 0.25) is 0 Å². The maximum absolute atomic E-state index is 9.69. The lowest BCUT2D eigenvalue weighted by atomic mass is 10.2. The first-order valence-corrected chi connectivity index (χ1v) is 8.63. The van der Waals surface area contributed by atoms with E-state index in [9.17, 15) is 5.11 Å². The van der Waals surface area contributed by atoms with Gasteiger partial charge in [0.2, 0.25) is 0 Å². The van der Waals surface area contributed by atoms with E-state index in [1.54, 1.807) is 11.8 Å². The van der Waals surface area contributed by atoms with Crippen molar-refractivity contribution in [2.45, 2.75) is 30.6 Å². The molecule has 1 unspecified atom stereocenters. The third-order valence-corrected chi connectivity index (χ3v) is 4.72. The lowest BCUT2D eigenvalue weighted by Gasteiger charge is -2.27. The number of fused-ring (bicyclic) bond motifs is 1. The van der Waals surface area contributed by atoms with Crippen LogP contribution in [0, 0.1) is 0 Å². The van der Waals surface area contributed by atoms with Gasteiger partial charge in [0.05, 0.1) is 24.5 Å². The van der Waals surface area contributed by atoms with Crippen LogP contribution in [0.25, 0.3) is 0 Å². The summed E-state index contributed by atoms with van der Waals surface area (Å²) in [5.41, 5.74) is 2.96. The van der Waals surface area contributed by atoms with Crippen molar-refractivity contribution >= 4 is 11.8 Å². The average Bonchev–Trinajstić information content (AvgIpc) is 2.98. The van der Waals surface area contributed by atoms with Gasteiger partial charge in [-0.2, -0.15) is 5.10 Å². The predicted molar refractivity (Wildman–Crippen MR) is 86.6 cm³/mol. The van der Waals surface area contributed by atoms with Crippen LogP contribution in [0.5, 0.6) is 0 Å². The highest BCUT2D eigenvalue weighted by atomic mass is 32.2. The Kier molecular flexibility index (Phi) is 4.83. The molecule has 0 saturated heterocycles. The van der Waals surface area contributed by atoms with E-state index in [4.69, 9.17) is 5.11 Å². The molecule has 0 bridgehead atoms. The van der Waals surface area contributed by atoms with Gasteiger partial charge in [-0.25, -0.2) is 0 Å². The Labute approximate surface area is 134 Å². The van der Waals surface area contributed by atoms with E-state index in [2.05, 4.69) is 40.5 Å². The summed E-state index contributed by atoms with van der Waals surface area (Å²) in [7, 11) is 0. The summed E-state index contributed by atoms with van der Waals surface area (Å²) >= 11 is 1.75. The van der Waals surface area contributed by atoms with Crippen LogP contribution < -0.4 is 0 Å². The van der Waals surface area contributed by atoms with Gasteiger partial charge in [0.15, 0.2) is 0 Å². The minimum Gasteiger partial charge on any atom is -0.393 e. The van der Waals surface area contributed by atoms with Crippen molar-refractivity contribution in [1.29, 1.82) is 0 Å². The first kappa shape index (κ1) is 15.6. The number of nitrogens with zero attached hydrogens (tertiary/aromatic N) is 3. The highest BCUT2D eigenvalue weighted by molar-refractivity contribution is 7.98. The normalized spacial score (nSPS) is 16.5. The molecule has 6 heteroatoms. The molecule has 5 nitrogen and oxygen atoms in total. The predicted octanol–water partition coefficient (Wildman–Crippen LogP) is 1.65. The third kappa shape index (κ3) is 3.35. The summed E-state index contributed by atoms with van der Waals surface area (Å²) < 4.78 is 1.93. The summed E-state index contributed by atoms with van der Waals surface area (Å²) in [6.07, 6.45) is 1.20. The SMILES string of the molecule is CSc1ccc(CN2CCn3nc(C(O)CO)cc3C2)cc1. The van der Waals surface area contributed by atoms with Gasteiger partial charge >= 0.3 is 0 Å². The monoisotopic (exact) mass is 319 g/mol. The van der Waals surface area contributed by atoms with Gasteiger partial charge in [-0.15, -0.1) is 11.8 Å². The van der Waals surface area contributed by atoms with Crippen molar-refractivity contribution < 1.29 is 10.2 Å². The van der Waals surface area contributed by atoms with Crippen molar-refractivity contribution in [2.75, 3.05) is 19.4 Å². The van der Waals surface area contributed by atoms with Gasteiger partial charge in [-0.3, -0.25) is 9.58 Å². The molecular weight excluding hydrogens is 298 g/mol. The minimum atomic E-state index is -0.884. The highest BCUT2D eigenvalue weighted by Gasteiger charge is 2.20. The summed E-state index contributed by atoms with van der Waals surface area (Å²) in [6.45, 7) is 3.19. The van der Waals surface area contributed by atoms with Crippen molar-refractivity contribution in [3.63, 3.8) is 0 Å². The van der Waals surface area contributed by atoms with Crippen LogP contribution in [0.15, 0.2) is 35.2 Å². The number of thioether (sulfide) groups is 1. The van der Waals surface area contributed by atoms with E-state index in [0.29, 0.717) is 5.69 Å². The first-order valence-electron chi connectivity index (χ1n) is 7.40. The second kappa shape index (κ2) is 6.83. The molecule has 0 spiro atoms. The van der Waals surface area contributed by atoms with Crippen LogP contribution >= 0.6 is 11.8 Å². The number of aliphatic hydroxyl groups excluding tert-OH is 2. The molecule has 0 radical (unpaired) electrons. The highest BCUT2D eigenvalue weighted by Crippen LogP contribution is 2.20. The average molecular weight is 319 g/mol. The lowest BCUT2D eigenvalue weighted by molar-refractivity contribution is 0.0915. The van der Waals surface area contributed by atoms with Crippen LogP contribution in [-0.2, 0) is 19.6 Å². The Morgan fingerprint density at radius 1 is 1.27 bits per heavy atom. The van der Waals surface area contributed by atoms with E-state index in [1.807, 2.05) is 10.7 Å². The molecule has 1 aromatic carbocycles. The fourth-order valence-corrected chi connectivity index (χ4v) is 3.13. The molecule has 1 atom stereocenters. The van der Waals surface area contributed by atoms with Gasteiger partial charge in [0.1, 0.15) is 6.10 Å². The molecule has 118 valence electrons. The van der Waals surface area contributed by atoms with Gasteiger partial charge in [-0.1, -0.05) is 12.1 Å². The molecule has 3 rings (SSSR count). The Morgan fingerprint density at radius 2 is 2.05 bits per heavy atom. The number of hydrogen-bond donors (Lipinski definition) is 2. The number of benzene rings is 1. The van der Waals surface area contributed by atoms with Crippen molar-refractivity contribution in [3.05, 3.63) is 47.3 Å². The maximum atomic E-state index is 9.69. The number of rotatable bonds is 5. The van der Waals surface area contributed by atoms with Crippen molar-refractivity contribution in [3.8, 4) is 0 Å². The van der Waals surface area contributed by atoms with Gasteiger partial charge in [0.25, 0.3) is 0 Å². The van der Waals surface area contributed by atoms with E-state index in [1.165, 1.54) is 10.5 Å². The molecule has 0 saturated carbocycles. The molecule has 22 heavy (non-hydrogen) atoms. The molecule has 0 fully saturated rings. The Morgan fingerprint density at radius 3 is 2.73 bits per heavy atom. The zero-order valence-corrected chi connectivity index (χ0v) is 13.5.